The minimum Gasteiger partial charge on any atom is -0.311 e. The predicted molar refractivity (Wildman–Crippen MR) is 84.7 cm³/mol. The zero-order valence-electron chi connectivity index (χ0n) is 12.1. The van der Waals surface area contributed by atoms with Gasteiger partial charge in [0.25, 0.3) is 0 Å². The monoisotopic (exact) mass is 323 g/mol. The Kier molecular flexibility index (Phi) is 4.13. The van der Waals surface area contributed by atoms with Crippen molar-refractivity contribution in [2.24, 2.45) is 0 Å². The molecule has 1 heterocycles. The predicted octanol–water partition coefficient (Wildman–Crippen LogP) is 3.58. The number of hydrogen-bond acceptors (Lipinski definition) is 3. The summed E-state index contributed by atoms with van der Waals surface area (Å²) in [5, 5.41) is 8.99. The van der Waals surface area contributed by atoms with Crippen LogP contribution in [0.3, 0.4) is 0 Å². The minimum atomic E-state index is -1.03. The van der Waals surface area contributed by atoms with Crippen LogP contribution in [0.2, 0.25) is 5.02 Å². The van der Waals surface area contributed by atoms with Crippen LogP contribution >= 0.6 is 11.6 Å². The van der Waals surface area contributed by atoms with Gasteiger partial charge in [0.05, 0.1) is 11.0 Å². The molecular weight excluding hydrogens is 306 g/mol. The van der Waals surface area contributed by atoms with E-state index < -0.39 is 10.8 Å². The smallest absolute Gasteiger partial charge is 0.145 e. The van der Waals surface area contributed by atoms with E-state index in [1.54, 1.807) is 0 Å². The van der Waals surface area contributed by atoms with E-state index in [9.17, 15) is 4.21 Å². The van der Waals surface area contributed by atoms with Gasteiger partial charge in [0.15, 0.2) is 0 Å². The first kappa shape index (κ1) is 14.7. The van der Waals surface area contributed by atoms with Crippen LogP contribution in [0.5, 0.6) is 0 Å². The lowest BCUT2D eigenvalue weighted by Gasteiger charge is -2.13. The Morgan fingerprint density at radius 3 is 2.62 bits per heavy atom. The molecule has 112 valence electrons. The molecule has 0 bridgehead atoms. The fourth-order valence-electron chi connectivity index (χ4n) is 2.46. The van der Waals surface area contributed by atoms with Crippen molar-refractivity contribution in [2.75, 3.05) is 0 Å². The normalized spacial score (nSPS) is 17.7. The van der Waals surface area contributed by atoms with Crippen LogP contribution < -0.4 is 0 Å². The quantitative estimate of drug-likeness (QED) is 0.845. The molecule has 1 fully saturated rings. The van der Waals surface area contributed by atoms with Crippen molar-refractivity contribution in [3.63, 3.8) is 0 Å². The summed E-state index contributed by atoms with van der Waals surface area (Å²) in [7, 11) is -1.03. The molecule has 1 aromatic carbocycles. The molecule has 1 aliphatic rings. The van der Waals surface area contributed by atoms with E-state index >= 15 is 0 Å². The Labute approximate surface area is 132 Å². The summed E-state index contributed by atoms with van der Waals surface area (Å²) in [4.78, 5) is 0. The molecule has 4 nitrogen and oxygen atoms in total. The Hall–Kier alpha value is -1.20. The molecule has 0 aliphatic heterocycles. The number of aromatic nitrogens is 3. The lowest BCUT2D eigenvalue weighted by molar-refractivity contribution is 0.659. The maximum absolute atomic E-state index is 12.6. The molecule has 0 saturated heterocycles. The summed E-state index contributed by atoms with van der Waals surface area (Å²) in [6, 6.07) is 8.05. The van der Waals surface area contributed by atoms with Crippen molar-refractivity contribution >= 4 is 22.4 Å². The van der Waals surface area contributed by atoms with E-state index in [-0.39, 0.29) is 5.25 Å². The summed E-state index contributed by atoms with van der Waals surface area (Å²) in [6.07, 6.45) is 2.34. The fraction of sp³-hybridized carbons (Fsp3) is 0.467. The third-order valence-corrected chi connectivity index (χ3v) is 5.71. The van der Waals surface area contributed by atoms with E-state index in [0.717, 1.165) is 17.2 Å². The first-order valence-corrected chi connectivity index (χ1v) is 8.85. The highest BCUT2D eigenvalue weighted by Crippen LogP contribution is 2.37. The van der Waals surface area contributed by atoms with Crippen LogP contribution in [-0.4, -0.2) is 19.0 Å². The van der Waals surface area contributed by atoms with Gasteiger partial charge in [0.2, 0.25) is 0 Å². The van der Waals surface area contributed by atoms with Gasteiger partial charge in [0, 0.05) is 21.9 Å². The van der Waals surface area contributed by atoms with Gasteiger partial charge in [0.1, 0.15) is 11.6 Å². The highest BCUT2D eigenvalue weighted by molar-refractivity contribution is 7.84. The van der Waals surface area contributed by atoms with E-state index in [0.29, 0.717) is 16.8 Å². The number of aryl methyl sites for hydroxylation is 1. The van der Waals surface area contributed by atoms with Crippen LogP contribution in [0.25, 0.3) is 0 Å². The maximum Gasteiger partial charge on any atom is 0.145 e. The van der Waals surface area contributed by atoms with E-state index in [4.69, 9.17) is 11.6 Å². The Balaban J connectivity index is 1.75. The summed E-state index contributed by atoms with van der Waals surface area (Å²) in [6.45, 7) is 3.93. The maximum atomic E-state index is 12.6. The van der Waals surface area contributed by atoms with Gasteiger partial charge >= 0.3 is 0 Å². The van der Waals surface area contributed by atoms with Gasteiger partial charge in [-0.2, -0.15) is 0 Å². The topological polar surface area (TPSA) is 47.8 Å². The standard InChI is InChI=1S/C15H18ClN3OS/c1-10(12-3-5-13(16)6-4-12)21(20)9-15-18-17-11(2)19(15)14-7-8-14/h3-6,10,14H,7-9H2,1-2H3/t10-,21-/m1/s1. The molecule has 0 N–H and O–H groups in total. The van der Waals surface area contributed by atoms with Gasteiger partial charge in [-0.1, -0.05) is 23.7 Å². The molecule has 1 saturated carbocycles. The lowest BCUT2D eigenvalue weighted by Crippen LogP contribution is -2.10. The molecule has 0 unspecified atom stereocenters. The molecule has 3 rings (SSSR count). The van der Waals surface area contributed by atoms with Crippen molar-refractivity contribution in [3.8, 4) is 0 Å². The highest BCUT2D eigenvalue weighted by Gasteiger charge is 2.29. The van der Waals surface area contributed by atoms with E-state index in [1.807, 2.05) is 38.1 Å². The van der Waals surface area contributed by atoms with Gasteiger partial charge in [-0.15, -0.1) is 10.2 Å². The molecule has 0 radical (unpaired) electrons. The van der Waals surface area contributed by atoms with Crippen LogP contribution in [0, 0.1) is 6.92 Å². The highest BCUT2D eigenvalue weighted by atomic mass is 35.5. The van der Waals surface area contributed by atoms with Crippen LogP contribution in [0.4, 0.5) is 0 Å². The van der Waals surface area contributed by atoms with Crippen molar-refractivity contribution in [1.29, 1.82) is 0 Å². The van der Waals surface area contributed by atoms with Crippen molar-refractivity contribution in [1.82, 2.24) is 14.8 Å². The van der Waals surface area contributed by atoms with Crippen LogP contribution in [0.1, 0.15) is 48.3 Å². The second kappa shape index (κ2) is 5.89. The van der Waals surface area contributed by atoms with Crippen molar-refractivity contribution < 1.29 is 4.21 Å². The molecular formula is C15H18ClN3OS. The number of halogens is 1. The molecule has 6 heteroatoms. The number of nitrogens with zero attached hydrogens (tertiary/aromatic N) is 3. The number of benzene rings is 1. The molecule has 1 aromatic heterocycles. The van der Waals surface area contributed by atoms with Gasteiger partial charge in [-0.05, 0) is 44.4 Å². The SMILES string of the molecule is Cc1nnc(C[S@@](=O)[C@H](C)c2ccc(Cl)cc2)n1C1CC1. The Morgan fingerprint density at radius 1 is 1.33 bits per heavy atom. The lowest BCUT2D eigenvalue weighted by atomic mass is 10.2. The van der Waals surface area contributed by atoms with Crippen molar-refractivity contribution in [3.05, 3.63) is 46.5 Å². The van der Waals surface area contributed by atoms with Crippen molar-refractivity contribution in [2.45, 2.75) is 43.7 Å². The molecule has 2 atom stereocenters. The minimum absolute atomic E-state index is 0.0491. The average molecular weight is 324 g/mol. The first-order valence-electron chi connectivity index (χ1n) is 7.09. The summed E-state index contributed by atoms with van der Waals surface area (Å²) in [5.74, 6) is 2.21. The molecule has 21 heavy (non-hydrogen) atoms. The van der Waals surface area contributed by atoms with E-state index in [2.05, 4.69) is 14.8 Å². The number of hydrogen-bond donors (Lipinski definition) is 0. The summed E-state index contributed by atoms with van der Waals surface area (Å²) < 4.78 is 14.7. The zero-order chi connectivity index (χ0) is 15.0. The first-order chi connectivity index (χ1) is 10.1. The molecule has 0 amide bonds. The molecule has 1 aliphatic carbocycles. The second-order valence-electron chi connectivity index (χ2n) is 5.48. The van der Waals surface area contributed by atoms with Gasteiger partial charge in [-0.25, -0.2) is 0 Å². The summed E-state index contributed by atoms with van der Waals surface area (Å²) >= 11 is 5.89. The molecule has 0 spiro atoms. The Bertz CT molecular complexity index is 664. The van der Waals surface area contributed by atoms with Crippen LogP contribution in [0.15, 0.2) is 24.3 Å². The number of rotatable bonds is 5. The molecule has 2 aromatic rings. The summed E-state index contributed by atoms with van der Waals surface area (Å²) in [5.41, 5.74) is 1.03. The Morgan fingerprint density at radius 2 is 2.00 bits per heavy atom. The van der Waals surface area contributed by atoms with E-state index in [1.165, 1.54) is 12.8 Å². The largest absolute Gasteiger partial charge is 0.311 e. The zero-order valence-corrected chi connectivity index (χ0v) is 13.7. The third kappa shape index (κ3) is 3.19. The fourth-order valence-corrected chi connectivity index (χ4v) is 3.75. The van der Waals surface area contributed by atoms with Gasteiger partial charge < -0.3 is 4.57 Å². The second-order valence-corrected chi connectivity index (χ2v) is 7.68. The van der Waals surface area contributed by atoms with Crippen LogP contribution in [-0.2, 0) is 16.6 Å². The van der Waals surface area contributed by atoms with Gasteiger partial charge in [-0.3, -0.25) is 4.21 Å². The third-order valence-electron chi connectivity index (χ3n) is 3.85. The average Bonchev–Trinajstić information content (AvgIpc) is 3.24.